The number of piperidine rings is 2. The molecule has 1 aliphatic carbocycles. The molecule has 4 aromatic carbocycles. The van der Waals surface area contributed by atoms with Crippen molar-refractivity contribution in [1.82, 2.24) is 24.9 Å². The number of likely N-dealkylation sites (tertiary alicyclic amines) is 2. The Balaban J connectivity index is 0.690. The van der Waals surface area contributed by atoms with E-state index < -0.39 is 29.7 Å². The van der Waals surface area contributed by atoms with Gasteiger partial charge in [-0.1, -0.05) is 48.5 Å². The Morgan fingerprint density at radius 3 is 2.08 bits per heavy atom. The van der Waals surface area contributed by atoms with Crippen LogP contribution in [0.15, 0.2) is 84.9 Å². The lowest BCUT2D eigenvalue weighted by atomic mass is 9.69. The molecule has 6 amide bonds. The molecule has 3 fully saturated rings. The second-order valence-electron chi connectivity index (χ2n) is 17.4. The quantitative estimate of drug-likeness (QED) is 0.245. The van der Waals surface area contributed by atoms with Crippen LogP contribution in [0.5, 0.6) is 11.5 Å². The van der Waals surface area contributed by atoms with Gasteiger partial charge in [0.15, 0.2) is 0 Å². The van der Waals surface area contributed by atoms with E-state index in [0.29, 0.717) is 63.8 Å². The predicted molar refractivity (Wildman–Crippen MR) is 221 cm³/mol. The lowest BCUT2D eigenvalue weighted by Crippen LogP contribution is -2.58. The van der Waals surface area contributed by atoms with Crippen LogP contribution in [-0.2, 0) is 38.7 Å². The fourth-order valence-corrected chi connectivity index (χ4v) is 10.4. The number of ether oxygens (including phenoxy) is 1. The number of rotatable bonds is 8. The summed E-state index contributed by atoms with van der Waals surface area (Å²) >= 11 is 0. The van der Waals surface area contributed by atoms with E-state index in [1.807, 2.05) is 39.0 Å². The fraction of sp³-hybridized carbons (Fsp3) is 0.375. The number of carbonyl (C=O) groups excluding carboxylic acids is 6. The van der Waals surface area contributed by atoms with Gasteiger partial charge in [-0.3, -0.25) is 43.9 Å². The molecule has 0 bridgehead atoms. The van der Waals surface area contributed by atoms with Gasteiger partial charge in [0.05, 0.1) is 30.8 Å². The van der Waals surface area contributed by atoms with Crippen molar-refractivity contribution in [2.75, 3.05) is 32.7 Å². The number of hydrogen-bond acceptors (Lipinski definition) is 9. The first-order chi connectivity index (χ1) is 29.6. The van der Waals surface area contributed by atoms with Crippen LogP contribution < -0.4 is 10.1 Å². The van der Waals surface area contributed by atoms with Crippen LogP contribution in [0.3, 0.4) is 0 Å². The molecule has 3 atom stereocenters. The predicted octanol–water partition coefficient (Wildman–Crippen LogP) is 4.50. The van der Waals surface area contributed by atoms with Gasteiger partial charge in [-0.25, -0.2) is 0 Å². The average molecular weight is 822 g/mol. The highest BCUT2D eigenvalue weighted by Crippen LogP contribution is 2.47. The summed E-state index contributed by atoms with van der Waals surface area (Å²) in [5.74, 6) is -0.656. The fourth-order valence-electron chi connectivity index (χ4n) is 10.4. The molecule has 10 rings (SSSR count). The maximum absolute atomic E-state index is 13.5. The molecule has 0 spiro atoms. The van der Waals surface area contributed by atoms with Gasteiger partial charge < -0.3 is 19.6 Å². The highest BCUT2D eigenvalue weighted by atomic mass is 16.5. The third-order valence-corrected chi connectivity index (χ3v) is 13.6. The lowest BCUT2D eigenvalue weighted by molar-refractivity contribution is -0.148. The van der Waals surface area contributed by atoms with E-state index >= 15 is 0 Å². The molecule has 6 aliphatic rings. The Labute approximate surface area is 353 Å². The van der Waals surface area contributed by atoms with Crippen LogP contribution in [0.4, 0.5) is 0 Å². The first-order valence-corrected chi connectivity index (χ1v) is 21.4. The van der Waals surface area contributed by atoms with Gasteiger partial charge >= 0.3 is 0 Å². The number of imide groups is 2. The van der Waals surface area contributed by atoms with Crippen molar-refractivity contribution in [3.8, 4) is 11.5 Å². The monoisotopic (exact) mass is 821 g/mol. The summed E-state index contributed by atoms with van der Waals surface area (Å²) in [6.45, 7) is 3.13. The second-order valence-corrected chi connectivity index (χ2v) is 17.4. The third kappa shape index (κ3) is 7.24. The molecular formula is C48H47N5O8. The van der Waals surface area contributed by atoms with Gasteiger partial charge in [-0.05, 0) is 108 Å². The molecule has 5 heterocycles. The summed E-state index contributed by atoms with van der Waals surface area (Å²) in [5, 5.41) is 12.4. The van der Waals surface area contributed by atoms with Gasteiger partial charge in [0.2, 0.25) is 23.6 Å². The van der Waals surface area contributed by atoms with Gasteiger partial charge in [0, 0.05) is 44.4 Å². The van der Waals surface area contributed by atoms with Crippen LogP contribution in [-0.4, -0.2) is 105 Å². The molecule has 3 saturated heterocycles. The zero-order valence-electron chi connectivity index (χ0n) is 33.8. The van der Waals surface area contributed by atoms with Crippen molar-refractivity contribution in [3.63, 3.8) is 0 Å². The summed E-state index contributed by atoms with van der Waals surface area (Å²) in [5.41, 5.74) is 7.16. The standard InChI is InChI=1S/C48H47N5O8/c54-34-9-13-38-31(20-34)8-12-37(28-4-2-1-3-5-28)44(38)29-6-10-35(11-7-29)61-36-25-52(26-36)46(58)30-16-18-51(19-17-30)43(56)27-50-23-32-21-39-40(22-33(32)24-50)48(60)53(47(39)59)41-14-15-42(55)49-45(41)57/h1-7,9-11,13,20-22,30,36-37,41,44,54H,8,12,14-19,23-27H2,(H,49,55,57)/t37-,41?,44+/m1/s1. The van der Waals surface area contributed by atoms with Crippen molar-refractivity contribution in [2.24, 2.45) is 5.92 Å². The zero-order chi connectivity index (χ0) is 41.9. The van der Waals surface area contributed by atoms with E-state index in [-0.39, 0.29) is 60.3 Å². The molecule has 5 aliphatic heterocycles. The van der Waals surface area contributed by atoms with Gasteiger partial charge in [0.1, 0.15) is 23.6 Å². The number of aromatic hydroxyl groups is 1. The molecule has 0 radical (unpaired) electrons. The Hall–Kier alpha value is -6.34. The molecule has 1 unspecified atom stereocenters. The van der Waals surface area contributed by atoms with E-state index in [4.69, 9.17) is 4.74 Å². The largest absolute Gasteiger partial charge is 0.508 e. The van der Waals surface area contributed by atoms with Crippen LogP contribution in [0.2, 0.25) is 0 Å². The van der Waals surface area contributed by atoms with Crippen molar-refractivity contribution in [2.45, 2.75) is 75.6 Å². The smallest absolute Gasteiger partial charge is 0.262 e. The Kier molecular flexibility index (Phi) is 9.93. The van der Waals surface area contributed by atoms with Gasteiger partial charge in [0.25, 0.3) is 11.8 Å². The maximum atomic E-state index is 13.5. The third-order valence-electron chi connectivity index (χ3n) is 13.6. The number of amides is 6. The number of nitrogens with zero attached hydrogens (tertiary/aromatic N) is 4. The van der Waals surface area contributed by atoms with Crippen LogP contribution in [0.1, 0.15) is 98.0 Å². The molecule has 2 N–H and O–H groups in total. The molecule has 13 heteroatoms. The SMILES string of the molecule is O=C1CCC(N2C(=O)c3cc4c(cc3C2=O)CN(CC(=O)N2CCC(C(=O)N3CC(Oc5ccc([C@@H]6c7ccc(O)cc7CC[C@@H]6c6ccccc6)cc5)C3)CC2)C4)C(=O)N1. The summed E-state index contributed by atoms with van der Waals surface area (Å²) in [6.07, 6.45) is 3.19. The summed E-state index contributed by atoms with van der Waals surface area (Å²) in [4.78, 5) is 84.2. The zero-order valence-corrected chi connectivity index (χ0v) is 33.8. The molecule has 61 heavy (non-hydrogen) atoms. The van der Waals surface area contributed by atoms with Gasteiger partial charge in [-0.15, -0.1) is 0 Å². The Morgan fingerprint density at radius 1 is 0.721 bits per heavy atom. The number of benzene rings is 4. The Morgan fingerprint density at radius 2 is 1.41 bits per heavy atom. The second kappa shape index (κ2) is 15.6. The summed E-state index contributed by atoms with van der Waals surface area (Å²) in [6, 6.07) is 27.1. The Bertz CT molecular complexity index is 2410. The number of carbonyl (C=O) groups is 6. The molecule has 0 saturated carbocycles. The summed E-state index contributed by atoms with van der Waals surface area (Å²) in [7, 11) is 0. The van der Waals surface area contributed by atoms with E-state index in [2.05, 4.69) is 47.8 Å². The van der Waals surface area contributed by atoms with Gasteiger partial charge in [-0.2, -0.15) is 0 Å². The molecule has 312 valence electrons. The first-order valence-electron chi connectivity index (χ1n) is 21.4. The summed E-state index contributed by atoms with van der Waals surface area (Å²) < 4.78 is 6.32. The number of phenolic OH excluding ortho intramolecular Hbond substituents is 1. The number of nitrogens with one attached hydrogen (secondary N) is 1. The number of fused-ring (bicyclic) bond motifs is 3. The maximum Gasteiger partial charge on any atom is 0.262 e. The van der Waals surface area contributed by atoms with E-state index in [1.165, 1.54) is 22.3 Å². The minimum absolute atomic E-state index is 0.0200. The van der Waals surface area contributed by atoms with Crippen LogP contribution in [0, 0.1) is 5.92 Å². The van der Waals surface area contributed by atoms with Crippen molar-refractivity contribution < 1.29 is 38.6 Å². The first kappa shape index (κ1) is 38.8. The number of aryl methyl sites for hydroxylation is 1. The van der Waals surface area contributed by atoms with Crippen molar-refractivity contribution in [1.29, 1.82) is 0 Å². The minimum Gasteiger partial charge on any atom is -0.508 e. The number of phenols is 1. The molecule has 0 aromatic heterocycles. The van der Waals surface area contributed by atoms with E-state index in [1.54, 1.807) is 18.2 Å². The van der Waals surface area contributed by atoms with Crippen LogP contribution >= 0.6 is 0 Å². The highest BCUT2D eigenvalue weighted by Gasteiger charge is 2.46. The lowest BCUT2D eigenvalue weighted by Gasteiger charge is -2.42. The molecular weight excluding hydrogens is 775 g/mol. The minimum atomic E-state index is -1.01. The van der Waals surface area contributed by atoms with E-state index in [9.17, 15) is 33.9 Å². The van der Waals surface area contributed by atoms with Crippen molar-refractivity contribution >= 4 is 35.4 Å². The average Bonchev–Trinajstić information content (AvgIpc) is 3.76. The molecule has 4 aromatic rings. The van der Waals surface area contributed by atoms with Crippen LogP contribution in [0.25, 0.3) is 0 Å². The van der Waals surface area contributed by atoms with Crippen molar-refractivity contribution in [3.05, 3.63) is 129 Å². The normalized spacial score (nSPS) is 23.0. The number of hydrogen-bond donors (Lipinski definition) is 2. The molecule has 13 nitrogen and oxygen atoms in total. The topological polar surface area (TPSA) is 157 Å². The van der Waals surface area contributed by atoms with E-state index in [0.717, 1.165) is 34.6 Å². The highest BCUT2D eigenvalue weighted by molar-refractivity contribution is 6.23.